The van der Waals surface area contributed by atoms with Crippen LogP contribution in [-0.4, -0.2) is 42.7 Å². The molecule has 7 heteroatoms. The van der Waals surface area contributed by atoms with Crippen molar-refractivity contribution >= 4 is 45.1 Å². The summed E-state index contributed by atoms with van der Waals surface area (Å²) >= 11 is 8.89. The number of halogens is 2. The van der Waals surface area contributed by atoms with Crippen molar-refractivity contribution in [3.05, 3.63) is 68.6 Å². The van der Waals surface area contributed by atoms with Gasteiger partial charge < -0.3 is 14.2 Å². The number of benzene rings is 2. The topological polar surface area (TPSA) is 53.5 Å². The molecule has 2 aromatic carbocycles. The van der Waals surface area contributed by atoms with Crippen molar-refractivity contribution in [3.63, 3.8) is 0 Å². The van der Waals surface area contributed by atoms with Gasteiger partial charge in [0.1, 0.15) is 0 Å². The molecule has 5 nitrogen and oxygen atoms in total. The number of ether oxygens (including phenoxy) is 3. The summed E-state index contributed by atoms with van der Waals surface area (Å²) in [4.78, 5) is 9.47. The lowest BCUT2D eigenvalue weighted by Gasteiger charge is -2.39. The first-order valence-electron chi connectivity index (χ1n) is 12.1. The highest BCUT2D eigenvalue weighted by Gasteiger charge is 2.41. The summed E-state index contributed by atoms with van der Waals surface area (Å²) in [5, 5.41) is 1.30. The van der Waals surface area contributed by atoms with Crippen molar-refractivity contribution in [2.24, 2.45) is 5.92 Å². The molecule has 5 rings (SSSR count). The zero-order valence-electron chi connectivity index (χ0n) is 19.2. The summed E-state index contributed by atoms with van der Waals surface area (Å²) in [6, 6.07) is 16.9. The normalized spacial score (nSPS) is 21.4. The summed E-state index contributed by atoms with van der Waals surface area (Å²) in [6.45, 7) is 2.83. The summed E-state index contributed by atoms with van der Waals surface area (Å²) < 4.78 is 19.3. The highest BCUT2D eigenvalue weighted by Crippen LogP contribution is 2.43. The lowest BCUT2D eigenvalue weighted by molar-refractivity contribution is -0.171. The minimum absolute atomic E-state index is 0.185. The average molecular weight is 593 g/mol. The number of hydrogen-bond donors (Lipinski definition) is 0. The maximum Gasteiger partial charge on any atom is 0.223 e. The van der Waals surface area contributed by atoms with Crippen LogP contribution in [0.2, 0.25) is 5.28 Å². The molecule has 2 atom stereocenters. The molecule has 0 aliphatic carbocycles. The van der Waals surface area contributed by atoms with E-state index < -0.39 is 5.41 Å². The van der Waals surface area contributed by atoms with E-state index in [1.165, 1.54) is 5.56 Å². The van der Waals surface area contributed by atoms with E-state index in [1.54, 1.807) is 0 Å². The zero-order valence-corrected chi connectivity index (χ0v) is 22.1. The van der Waals surface area contributed by atoms with Gasteiger partial charge in [-0.2, -0.15) is 0 Å². The first kappa shape index (κ1) is 24.4. The Balaban J connectivity index is 1.67. The molecule has 2 aliphatic rings. The van der Waals surface area contributed by atoms with Crippen LogP contribution in [0.1, 0.15) is 49.8 Å². The molecule has 1 aromatic heterocycles. The molecule has 0 N–H and O–H groups in total. The van der Waals surface area contributed by atoms with Crippen LogP contribution in [0.3, 0.4) is 0 Å². The van der Waals surface area contributed by atoms with Gasteiger partial charge >= 0.3 is 0 Å². The number of fused-ring (bicyclic) bond motifs is 1. The van der Waals surface area contributed by atoms with Crippen LogP contribution in [0.4, 0.5) is 0 Å². The standard InChI is InChI=1S/C27H30ClIN2O3/c28-26-30-23-10-9-21(29)16-22(23)25(31-26)27(20-6-2-1-3-7-20,17-19-11-14-32-15-12-19)18-34-24-8-4-5-13-33-24/h1-3,6-7,9-10,16,19,24H,4-5,8,11-15,17-18H2. The highest BCUT2D eigenvalue weighted by atomic mass is 127. The molecule has 2 unspecified atom stereocenters. The van der Waals surface area contributed by atoms with Crippen molar-refractivity contribution in [2.75, 3.05) is 26.4 Å². The van der Waals surface area contributed by atoms with Crippen molar-refractivity contribution in [1.29, 1.82) is 0 Å². The lowest BCUT2D eigenvalue weighted by Crippen LogP contribution is -2.40. The Bertz CT molecular complexity index is 1100. The van der Waals surface area contributed by atoms with Gasteiger partial charge in [-0.05, 0) is 102 Å². The molecule has 2 saturated heterocycles. The summed E-state index contributed by atoms with van der Waals surface area (Å²) in [7, 11) is 0. The molecule has 0 amide bonds. The fourth-order valence-electron chi connectivity index (χ4n) is 5.28. The second kappa shape index (κ2) is 11.2. The molecule has 3 heterocycles. The largest absolute Gasteiger partial charge is 0.381 e. The van der Waals surface area contributed by atoms with Crippen LogP contribution in [-0.2, 0) is 19.6 Å². The predicted molar refractivity (Wildman–Crippen MR) is 142 cm³/mol. The van der Waals surface area contributed by atoms with Crippen molar-refractivity contribution in [2.45, 2.75) is 50.2 Å². The average Bonchev–Trinajstić information content (AvgIpc) is 2.88. The van der Waals surface area contributed by atoms with Gasteiger partial charge in [0.2, 0.25) is 5.28 Å². The minimum atomic E-state index is -0.487. The molecule has 0 radical (unpaired) electrons. The van der Waals surface area contributed by atoms with E-state index in [4.69, 9.17) is 30.8 Å². The van der Waals surface area contributed by atoms with Gasteiger partial charge in [0.05, 0.1) is 23.2 Å². The van der Waals surface area contributed by atoms with E-state index in [-0.39, 0.29) is 11.6 Å². The van der Waals surface area contributed by atoms with Crippen LogP contribution < -0.4 is 0 Å². The lowest BCUT2D eigenvalue weighted by atomic mass is 9.69. The quantitative estimate of drug-likeness (QED) is 0.231. The van der Waals surface area contributed by atoms with Gasteiger partial charge in [-0.15, -0.1) is 0 Å². The first-order chi connectivity index (χ1) is 16.6. The molecule has 0 spiro atoms. The highest BCUT2D eigenvalue weighted by molar-refractivity contribution is 14.1. The van der Waals surface area contributed by atoms with E-state index in [1.807, 2.05) is 6.07 Å². The van der Waals surface area contributed by atoms with E-state index in [9.17, 15) is 0 Å². The molecule has 3 aromatic rings. The summed E-state index contributed by atoms with van der Waals surface area (Å²) in [5.41, 5.74) is 2.50. The van der Waals surface area contributed by atoms with Crippen molar-refractivity contribution in [1.82, 2.24) is 9.97 Å². The Morgan fingerprint density at radius 3 is 2.59 bits per heavy atom. The Morgan fingerprint density at radius 1 is 1.00 bits per heavy atom. The van der Waals surface area contributed by atoms with Crippen LogP contribution >= 0.6 is 34.2 Å². The molecular formula is C27H30ClIN2O3. The second-order valence-electron chi connectivity index (χ2n) is 9.32. The second-order valence-corrected chi connectivity index (χ2v) is 10.9. The van der Waals surface area contributed by atoms with Crippen LogP contribution in [0.15, 0.2) is 48.5 Å². The third kappa shape index (κ3) is 5.41. The molecule has 0 saturated carbocycles. The third-order valence-corrected chi connectivity index (χ3v) is 7.88. The molecule has 2 fully saturated rings. The fourth-order valence-corrected chi connectivity index (χ4v) is 5.94. The SMILES string of the molecule is Clc1nc(C(COC2CCCCO2)(CC2CCOCC2)c2ccccc2)c2cc(I)ccc2n1. The molecule has 180 valence electrons. The first-order valence-corrected chi connectivity index (χ1v) is 13.6. The van der Waals surface area contributed by atoms with Gasteiger partial charge in [-0.3, -0.25) is 0 Å². The molecule has 0 bridgehead atoms. The summed E-state index contributed by atoms with van der Waals surface area (Å²) in [5.74, 6) is 0.497. The van der Waals surface area contributed by atoms with Crippen LogP contribution in [0.25, 0.3) is 10.9 Å². The maximum atomic E-state index is 6.56. The number of rotatable bonds is 7. The number of hydrogen-bond acceptors (Lipinski definition) is 5. The van der Waals surface area contributed by atoms with Crippen LogP contribution in [0, 0.1) is 9.49 Å². The van der Waals surface area contributed by atoms with Gasteiger partial charge in [0.15, 0.2) is 6.29 Å². The minimum Gasteiger partial charge on any atom is -0.381 e. The van der Waals surface area contributed by atoms with Crippen molar-refractivity contribution in [3.8, 4) is 0 Å². The smallest absolute Gasteiger partial charge is 0.223 e. The van der Waals surface area contributed by atoms with Gasteiger partial charge in [0.25, 0.3) is 0 Å². The van der Waals surface area contributed by atoms with E-state index in [2.05, 4.69) is 70.0 Å². The monoisotopic (exact) mass is 592 g/mol. The predicted octanol–water partition coefficient (Wildman–Crippen LogP) is 6.53. The third-order valence-electron chi connectivity index (χ3n) is 7.04. The maximum absolute atomic E-state index is 6.56. The molecular weight excluding hydrogens is 563 g/mol. The Hall–Kier alpha value is -1.32. The van der Waals surface area contributed by atoms with E-state index in [0.717, 1.165) is 78.5 Å². The van der Waals surface area contributed by atoms with E-state index >= 15 is 0 Å². The molecule has 2 aliphatic heterocycles. The van der Waals surface area contributed by atoms with Gasteiger partial charge in [0, 0.05) is 28.8 Å². The number of nitrogens with zero attached hydrogens (tertiary/aromatic N) is 2. The fraction of sp³-hybridized carbons (Fsp3) is 0.481. The Kier molecular flexibility index (Phi) is 8.01. The summed E-state index contributed by atoms with van der Waals surface area (Å²) in [6.07, 6.45) is 5.92. The Labute approximate surface area is 219 Å². The van der Waals surface area contributed by atoms with Gasteiger partial charge in [-0.1, -0.05) is 30.3 Å². The molecule has 34 heavy (non-hydrogen) atoms. The van der Waals surface area contributed by atoms with Crippen molar-refractivity contribution < 1.29 is 14.2 Å². The van der Waals surface area contributed by atoms with Crippen LogP contribution in [0.5, 0.6) is 0 Å². The Morgan fingerprint density at radius 2 is 1.82 bits per heavy atom. The van der Waals surface area contributed by atoms with E-state index in [0.29, 0.717) is 12.5 Å². The number of aromatic nitrogens is 2. The van der Waals surface area contributed by atoms with Gasteiger partial charge in [-0.25, -0.2) is 9.97 Å². The zero-order chi connectivity index (χ0) is 23.4.